The molecule has 0 amide bonds. The van der Waals surface area contributed by atoms with Gasteiger partial charge >= 0.3 is 0 Å². The summed E-state index contributed by atoms with van der Waals surface area (Å²) in [5.74, 6) is -0.328. The van der Waals surface area contributed by atoms with Crippen molar-refractivity contribution in [2.75, 3.05) is 0 Å². The molecule has 2 nitrogen and oxygen atoms in total. The van der Waals surface area contributed by atoms with E-state index >= 15 is 0 Å². The van der Waals surface area contributed by atoms with Gasteiger partial charge in [-0.1, -0.05) is 12.1 Å². The van der Waals surface area contributed by atoms with Crippen LogP contribution in [0.5, 0.6) is 0 Å². The molecule has 0 aliphatic heterocycles. The van der Waals surface area contributed by atoms with E-state index in [1.807, 2.05) is 5.38 Å². The lowest BCUT2D eigenvalue weighted by Crippen LogP contribution is -2.01. The van der Waals surface area contributed by atoms with Crippen LogP contribution in [0.15, 0.2) is 35.8 Å². The topological polar surface area (TPSA) is 33.1 Å². The van der Waals surface area contributed by atoms with Gasteiger partial charge in [-0.3, -0.25) is 0 Å². The lowest BCUT2D eigenvalue weighted by molar-refractivity contribution is 0.178. The van der Waals surface area contributed by atoms with E-state index in [0.29, 0.717) is 12.0 Å². The Bertz CT molecular complexity index is 430. The van der Waals surface area contributed by atoms with Crippen LogP contribution in [0.1, 0.15) is 16.7 Å². The largest absolute Gasteiger partial charge is 0.388 e. The molecule has 0 spiro atoms. The van der Waals surface area contributed by atoms with Gasteiger partial charge in [0.05, 0.1) is 11.1 Å². The van der Waals surface area contributed by atoms with Crippen molar-refractivity contribution in [3.05, 3.63) is 52.2 Å². The molecular formula is C11H10FNOS. The lowest BCUT2D eigenvalue weighted by atomic mass is 10.1. The van der Waals surface area contributed by atoms with Gasteiger partial charge in [0.2, 0.25) is 0 Å². The molecule has 0 fully saturated rings. The average molecular weight is 223 g/mol. The summed E-state index contributed by atoms with van der Waals surface area (Å²) >= 11 is 1.49. The van der Waals surface area contributed by atoms with Crippen molar-refractivity contribution < 1.29 is 9.50 Å². The summed E-state index contributed by atoms with van der Waals surface area (Å²) in [6, 6.07) is 6.01. The normalized spacial score (nSPS) is 12.7. The van der Waals surface area contributed by atoms with Crippen molar-refractivity contribution in [1.82, 2.24) is 4.98 Å². The van der Waals surface area contributed by atoms with Crippen LogP contribution in [0.25, 0.3) is 0 Å². The first-order valence-corrected chi connectivity index (χ1v) is 5.45. The van der Waals surface area contributed by atoms with Gasteiger partial charge in [-0.25, -0.2) is 9.37 Å². The minimum Gasteiger partial charge on any atom is -0.388 e. The maximum atomic E-state index is 12.9. The van der Waals surface area contributed by atoms with Gasteiger partial charge < -0.3 is 5.11 Å². The highest BCUT2D eigenvalue weighted by molar-refractivity contribution is 7.09. The molecule has 1 aromatic carbocycles. The first-order chi connectivity index (χ1) is 7.25. The molecule has 0 saturated heterocycles. The van der Waals surface area contributed by atoms with E-state index < -0.39 is 6.10 Å². The van der Waals surface area contributed by atoms with Gasteiger partial charge in [-0.05, 0) is 17.7 Å². The third-order valence-corrected chi connectivity index (χ3v) is 2.89. The minimum absolute atomic E-state index is 0.328. The maximum absolute atomic E-state index is 12.9. The number of rotatable bonds is 3. The molecule has 1 unspecified atom stereocenters. The molecule has 0 radical (unpaired) electrons. The van der Waals surface area contributed by atoms with Crippen molar-refractivity contribution in [2.45, 2.75) is 12.5 Å². The summed E-state index contributed by atoms with van der Waals surface area (Å²) in [5, 5.41) is 12.5. The highest BCUT2D eigenvalue weighted by Crippen LogP contribution is 2.19. The molecule has 1 aromatic heterocycles. The number of hydrogen-bond acceptors (Lipinski definition) is 3. The Morgan fingerprint density at radius 2 is 2.33 bits per heavy atom. The quantitative estimate of drug-likeness (QED) is 0.867. The van der Waals surface area contributed by atoms with E-state index in [2.05, 4.69) is 4.98 Å². The van der Waals surface area contributed by atoms with Crippen molar-refractivity contribution in [2.24, 2.45) is 0 Å². The van der Waals surface area contributed by atoms with Crippen LogP contribution >= 0.6 is 11.3 Å². The van der Waals surface area contributed by atoms with E-state index in [0.717, 1.165) is 5.01 Å². The molecule has 4 heteroatoms. The third-order valence-electron chi connectivity index (χ3n) is 2.08. The molecule has 2 rings (SSSR count). The molecule has 78 valence electrons. The molecular weight excluding hydrogens is 213 g/mol. The molecule has 0 bridgehead atoms. The summed E-state index contributed by atoms with van der Waals surface area (Å²) < 4.78 is 12.9. The van der Waals surface area contributed by atoms with Crippen LogP contribution in [-0.2, 0) is 6.42 Å². The molecule has 0 aliphatic carbocycles. The second kappa shape index (κ2) is 4.51. The van der Waals surface area contributed by atoms with Gasteiger partial charge in [0, 0.05) is 18.0 Å². The molecule has 1 atom stereocenters. The van der Waals surface area contributed by atoms with E-state index in [4.69, 9.17) is 0 Å². The zero-order valence-electron chi connectivity index (χ0n) is 7.93. The zero-order valence-corrected chi connectivity index (χ0v) is 8.75. The number of thiazole rings is 1. The van der Waals surface area contributed by atoms with Gasteiger partial charge in [-0.15, -0.1) is 11.3 Å². The first-order valence-electron chi connectivity index (χ1n) is 4.57. The summed E-state index contributed by atoms with van der Waals surface area (Å²) in [6.07, 6.45) is 1.44. The highest BCUT2D eigenvalue weighted by Gasteiger charge is 2.10. The Labute approximate surface area is 91.0 Å². The number of nitrogens with zero attached hydrogens (tertiary/aromatic N) is 1. The average Bonchev–Trinajstić information content (AvgIpc) is 2.70. The molecule has 15 heavy (non-hydrogen) atoms. The fraction of sp³-hybridized carbons (Fsp3) is 0.182. The summed E-state index contributed by atoms with van der Waals surface area (Å²) in [4.78, 5) is 4.07. The van der Waals surface area contributed by atoms with Crippen LogP contribution in [0.4, 0.5) is 4.39 Å². The predicted octanol–water partition coefficient (Wildman–Crippen LogP) is 2.56. The van der Waals surface area contributed by atoms with Crippen LogP contribution in [0, 0.1) is 5.82 Å². The highest BCUT2D eigenvalue weighted by atomic mass is 32.1. The fourth-order valence-corrected chi connectivity index (χ4v) is 2.01. The number of hydrogen-bond donors (Lipinski definition) is 1. The SMILES string of the molecule is OC(Cc1nccs1)c1cccc(F)c1. The van der Waals surface area contributed by atoms with Crippen LogP contribution in [0.3, 0.4) is 0 Å². The Balaban J connectivity index is 2.11. The molecule has 1 N–H and O–H groups in total. The van der Waals surface area contributed by atoms with Crippen LogP contribution < -0.4 is 0 Å². The van der Waals surface area contributed by atoms with E-state index in [9.17, 15) is 9.50 Å². The Morgan fingerprint density at radius 1 is 1.47 bits per heavy atom. The van der Waals surface area contributed by atoms with Crippen LogP contribution in [-0.4, -0.2) is 10.1 Å². The fourth-order valence-electron chi connectivity index (χ4n) is 1.35. The van der Waals surface area contributed by atoms with Crippen LogP contribution in [0.2, 0.25) is 0 Å². The van der Waals surface area contributed by atoms with E-state index in [1.54, 1.807) is 18.3 Å². The number of benzene rings is 1. The number of aliphatic hydroxyl groups excluding tert-OH is 1. The Hall–Kier alpha value is -1.26. The summed E-state index contributed by atoms with van der Waals surface area (Å²) in [7, 11) is 0. The number of aromatic nitrogens is 1. The monoisotopic (exact) mass is 223 g/mol. The molecule has 0 saturated carbocycles. The number of halogens is 1. The number of aliphatic hydroxyl groups is 1. The standard InChI is InChI=1S/C11H10FNOS/c12-9-3-1-2-8(6-9)10(14)7-11-13-4-5-15-11/h1-6,10,14H,7H2. The maximum Gasteiger partial charge on any atom is 0.123 e. The second-order valence-electron chi connectivity index (χ2n) is 3.20. The zero-order chi connectivity index (χ0) is 10.7. The van der Waals surface area contributed by atoms with Crippen molar-refractivity contribution >= 4 is 11.3 Å². The smallest absolute Gasteiger partial charge is 0.123 e. The van der Waals surface area contributed by atoms with Crippen molar-refractivity contribution in [1.29, 1.82) is 0 Å². The first kappa shape index (κ1) is 10.3. The van der Waals surface area contributed by atoms with Crippen molar-refractivity contribution in [3.8, 4) is 0 Å². The van der Waals surface area contributed by atoms with Crippen molar-refractivity contribution in [3.63, 3.8) is 0 Å². The molecule has 1 heterocycles. The third kappa shape index (κ3) is 2.61. The predicted molar refractivity (Wildman–Crippen MR) is 57.2 cm³/mol. The van der Waals surface area contributed by atoms with Gasteiger partial charge in [0.1, 0.15) is 5.82 Å². The summed E-state index contributed by atoms with van der Waals surface area (Å²) in [6.45, 7) is 0. The van der Waals surface area contributed by atoms with Gasteiger partial charge in [-0.2, -0.15) is 0 Å². The summed E-state index contributed by atoms with van der Waals surface area (Å²) in [5.41, 5.74) is 0.588. The Kier molecular flexibility index (Phi) is 3.08. The lowest BCUT2D eigenvalue weighted by Gasteiger charge is -2.08. The van der Waals surface area contributed by atoms with E-state index in [1.165, 1.54) is 23.5 Å². The molecule has 0 aliphatic rings. The Morgan fingerprint density at radius 3 is 3.00 bits per heavy atom. The molecule has 2 aromatic rings. The second-order valence-corrected chi connectivity index (χ2v) is 4.18. The van der Waals surface area contributed by atoms with E-state index in [-0.39, 0.29) is 5.82 Å². The van der Waals surface area contributed by atoms with Gasteiger partial charge in [0.15, 0.2) is 0 Å². The van der Waals surface area contributed by atoms with Gasteiger partial charge in [0.25, 0.3) is 0 Å². The minimum atomic E-state index is -0.688.